The van der Waals surface area contributed by atoms with E-state index in [0.29, 0.717) is 22.0 Å². The minimum atomic E-state index is -0.237. The van der Waals surface area contributed by atoms with Crippen LogP contribution in [0.15, 0.2) is 48.7 Å². The van der Waals surface area contributed by atoms with E-state index in [2.05, 4.69) is 15.6 Å². The molecule has 0 bridgehead atoms. The van der Waals surface area contributed by atoms with Crippen LogP contribution in [0.2, 0.25) is 5.02 Å². The molecule has 5 nitrogen and oxygen atoms in total. The van der Waals surface area contributed by atoms with Gasteiger partial charge in [0.15, 0.2) is 0 Å². The van der Waals surface area contributed by atoms with E-state index in [9.17, 15) is 9.59 Å². The topological polar surface area (TPSA) is 74.0 Å². The van der Waals surface area contributed by atoms with Crippen molar-refractivity contribution < 1.29 is 9.59 Å². The number of aromatic amines is 1. The van der Waals surface area contributed by atoms with Crippen molar-refractivity contribution in [2.45, 2.75) is 6.92 Å². The monoisotopic (exact) mass is 327 g/mol. The van der Waals surface area contributed by atoms with Crippen molar-refractivity contribution in [1.29, 1.82) is 0 Å². The van der Waals surface area contributed by atoms with Gasteiger partial charge in [-0.2, -0.15) is 0 Å². The number of carbonyl (C=O) groups is 2. The highest BCUT2D eigenvalue weighted by atomic mass is 35.5. The molecule has 0 aliphatic rings. The second-order valence-corrected chi connectivity index (χ2v) is 5.54. The number of anilines is 2. The zero-order valence-electron chi connectivity index (χ0n) is 12.3. The van der Waals surface area contributed by atoms with Gasteiger partial charge < -0.3 is 15.6 Å². The molecular formula is C17H14ClN3O2. The first-order valence-corrected chi connectivity index (χ1v) is 7.36. The SMILES string of the molecule is CC(=O)Nc1cccc(NC(=O)c2c[nH]c3cc(Cl)ccc23)c1. The number of hydrogen-bond donors (Lipinski definition) is 3. The number of hydrogen-bond acceptors (Lipinski definition) is 2. The van der Waals surface area contributed by atoms with Crippen molar-refractivity contribution in [3.63, 3.8) is 0 Å². The first kappa shape index (κ1) is 15.1. The maximum atomic E-state index is 12.5. The second-order valence-electron chi connectivity index (χ2n) is 5.11. The first-order chi connectivity index (χ1) is 11.0. The number of nitrogens with one attached hydrogen (secondary N) is 3. The van der Waals surface area contributed by atoms with Crippen molar-refractivity contribution >= 4 is 45.7 Å². The molecule has 2 aromatic carbocycles. The van der Waals surface area contributed by atoms with Crippen LogP contribution in [0.4, 0.5) is 11.4 Å². The first-order valence-electron chi connectivity index (χ1n) is 6.98. The van der Waals surface area contributed by atoms with Crippen LogP contribution in [0.5, 0.6) is 0 Å². The number of rotatable bonds is 3. The normalized spacial score (nSPS) is 10.5. The molecule has 6 heteroatoms. The molecule has 3 N–H and O–H groups in total. The van der Waals surface area contributed by atoms with Gasteiger partial charge >= 0.3 is 0 Å². The lowest BCUT2D eigenvalue weighted by Crippen LogP contribution is -2.12. The molecule has 0 saturated heterocycles. The lowest BCUT2D eigenvalue weighted by atomic mass is 10.1. The van der Waals surface area contributed by atoms with Crippen LogP contribution in [0, 0.1) is 0 Å². The maximum absolute atomic E-state index is 12.5. The molecule has 2 amide bonds. The number of fused-ring (bicyclic) bond motifs is 1. The Morgan fingerprint density at radius 2 is 1.78 bits per heavy atom. The van der Waals surface area contributed by atoms with E-state index in [1.807, 2.05) is 0 Å². The van der Waals surface area contributed by atoms with E-state index in [4.69, 9.17) is 11.6 Å². The van der Waals surface area contributed by atoms with Crippen molar-refractivity contribution in [3.8, 4) is 0 Å². The van der Waals surface area contributed by atoms with Crippen LogP contribution in [0.25, 0.3) is 10.9 Å². The molecule has 0 aliphatic carbocycles. The molecule has 23 heavy (non-hydrogen) atoms. The predicted molar refractivity (Wildman–Crippen MR) is 92.0 cm³/mol. The van der Waals surface area contributed by atoms with E-state index in [1.54, 1.807) is 48.7 Å². The summed E-state index contributed by atoms with van der Waals surface area (Å²) >= 11 is 5.94. The van der Waals surface area contributed by atoms with Crippen molar-refractivity contribution in [2.75, 3.05) is 10.6 Å². The predicted octanol–water partition coefficient (Wildman–Crippen LogP) is 4.03. The molecule has 0 atom stereocenters. The summed E-state index contributed by atoms with van der Waals surface area (Å²) in [7, 11) is 0. The van der Waals surface area contributed by atoms with Gasteiger partial charge in [-0.05, 0) is 30.3 Å². The quantitative estimate of drug-likeness (QED) is 0.679. The van der Waals surface area contributed by atoms with E-state index >= 15 is 0 Å². The lowest BCUT2D eigenvalue weighted by Gasteiger charge is -2.07. The van der Waals surface area contributed by atoms with Crippen LogP contribution >= 0.6 is 11.6 Å². The van der Waals surface area contributed by atoms with Gasteiger partial charge in [-0.1, -0.05) is 23.7 Å². The largest absolute Gasteiger partial charge is 0.360 e. The summed E-state index contributed by atoms with van der Waals surface area (Å²) in [5.74, 6) is -0.402. The van der Waals surface area contributed by atoms with E-state index in [1.165, 1.54) is 6.92 Å². The van der Waals surface area contributed by atoms with E-state index in [-0.39, 0.29) is 11.8 Å². The van der Waals surface area contributed by atoms with Crippen LogP contribution in [0.1, 0.15) is 17.3 Å². The average Bonchev–Trinajstić information content (AvgIpc) is 2.89. The Morgan fingerprint density at radius 1 is 1.04 bits per heavy atom. The van der Waals surface area contributed by atoms with Crippen molar-refractivity contribution in [3.05, 3.63) is 59.2 Å². The van der Waals surface area contributed by atoms with Crippen LogP contribution in [-0.4, -0.2) is 16.8 Å². The van der Waals surface area contributed by atoms with Crippen molar-refractivity contribution in [1.82, 2.24) is 4.98 Å². The number of amides is 2. The van der Waals surface area contributed by atoms with Gasteiger partial charge in [0.25, 0.3) is 5.91 Å². The number of H-pyrrole nitrogens is 1. The third-order valence-corrected chi connectivity index (χ3v) is 3.56. The highest BCUT2D eigenvalue weighted by molar-refractivity contribution is 6.31. The van der Waals surface area contributed by atoms with E-state index < -0.39 is 0 Å². The molecule has 116 valence electrons. The Hall–Kier alpha value is -2.79. The Morgan fingerprint density at radius 3 is 2.52 bits per heavy atom. The summed E-state index contributed by atoms with van der Waals surface area (Å²) < 4.78 is 0. The smallest absolute Gasteiger partial charge is 0.257 e. The highest BCUT2D eigenvalue weighted by Crippen LogP contribution is 2.23. The fourth-order valence-electron chi connectivity index (χ4n) is 2.36. The molecular weight excluding hydrogens is 314 g/mol. The lowest BCUT2D eigenvalue weighted by molar-refractivity contribution is -0.114. The summed E-state index contributed by atoms with van der Waals surface area (Å²) in [5.41, 5.74) is 2.56. The minimum Gasteiger partial charge on any atom is -0.360 e. The zero-order valence-corrected chi connectivity index (χ0v) is 13.1. The third kappa shape index (κ3) is 3.35. The number of carbonyl (C=O) groups excluding carboxylic acids is 2. The molecule has 0 saturated carbocycles. The molecule has 1 aromatic heterocycles. The molecule has 0 spiro atoms. The summed E-state index contributed by atoms with van der Waals surface area (Å²) in [6, 6.07) is 12.3. The van der Waals surface area contributed by atoms with Gasteiger partial charge in [-0.25, -0.2) is 0 Å². The summed E-state index contributed by atoms with van der Waals surface area (Å²) in [6.45, 7) is 1.43. The summed E-state index contributed by atoms with van der Waals surface area (Å²) in [4.78, 5) is 26.6. The number of halogens is 1. The van der Waals surface area contributed by atoms with Crippen LogP contribution in [-0.2, 0) is 4.79 Å². The Balaban J connectivity index is 1.84. The standard InChI is InChI=1S/C17H14ClN3O2/c1-10(22)20-12-3-2-4-13(8-12)21-17(23)15-9-19-16-7-11(18)5-6-14(15)16/h2-9,19H,1H3,(H,20,22)(H,21,23). The van der Waals surface area contributed by atoms with E-state index in [0.717, 1.165) is 10.9 Å². The molecule has 0 aliphatic heterocycles. The Labute approximate surface area is 137 Å². The molecule has 0 unspecified atom stereocenters. The summed E-state index contributed by atoms with van der Waals surface area (Å²) in [6.07, 6.45) is 1.65. The number of aromatic nitrogens is 1. The molecule has 0 fully saturated rings. The molecule has 3 aromatic rings. The van der Waals surface area contributed by atoms with Crippen LogP contribution in [0.3, 0.4) is 0 Å². The van der Waals surface area contributed by atoms with Gasteiger partial charge in [0.1, 0.15) is 0 Å². The molecule has 1 heterocycles. The van der Waals surface area contributed by atoms with Crippen molar-refractivity contribution in [2.24, 2.45) is 0 Å². The number of benzene rings is 2. The fourth-order valence-corrected chi connectivity index (χ4v) is 2.53. The van der Waals surface area contributed by atoms with Gasteiger partial charge in [-0.15, -0.1) is 0 Å². The molecule has 0 radical (unpaired) electrons. The maximum Gasteiger partial charge on any atom is 0.257 e. The third-order valence-electron chi connectivity index (χ3n) is 3.33. The molecule has 3 rings (SSSR count). The summed E-state index contributed by atoms with van der Waals surface area (Å²) in [5, 5.41) is 6.90. The Kier molecular flexibility index (Phi) is 4.04. The van der Waals surface area contributed by atoms with Gasteiger partial charge in [-0.3, -0.25) is 9.59 Å². The minimum absolute atomic E-state index is 0.165. The van der Waals surface area contributed by atoms with Gasteiger partial charge in [0, 0.05) is 40.4 Å². The second kappa shape index (κ2) is 6.14. The highest BCUT2D eigenvalue weighted by Gasteiger charge is 2.12. The van der Waals surface area contributed by atoms with Gasteiger partial charge in [0.2, 0.25) is 5.91 Å². The van der Waals surface area contributed by atoms with Gasteiger partial charge in [0.05, 0.1) is 5.56 Å². The fraction of sp³-hybridized carbons (Fsp3) is 0.0588. The van der Waals surface area contributed by atoms with Crippen LogP contribution < -0.4 is 10.6 Å². The average molecular weight is 328 g/mol. The zero-order chi connectivity index (χ0) is 16.4. The Bertz CT molecular complexity index is 902.